The molecule has 0 saturated carbocycles. The van der Waals surface area contributed by atoms with E-state index < -0.39 is 0 Å². The van der Waals surface area contributed by atoms with E-state index in [2.05, 4.69) is 84.9 Å². The molecule has 0 spiro atoms. The molecular weight excluding hydrogens is 452 g/mol. The maximum absolute atomic E-state index is 6.26. The first kappa shape index (κ1) is 21.3. The lowest BCUT2D eigenvalue weighted by Crippen LogP contribution is -1.95. The molecule has 0 N–H and O–H groups in total. The summed E-state index contributed by atoms with van der Waals surface area (Å²) < 4.78 is 6.26. The van der Waals surface area contributed by atoms with Gasteiger partial charge in [-0.2, -0.15) is 4.98 Å². The van der Waals surface area contributed by atoms with Crippen LogP contribution in [0.2, 0.25) is 0 Å². The molecule has 0 atom stereocenters. The van der Waals surface area contributed by atoms with Gasteiger partial charge in [0.05, 0.1) is 11.1 Å². The number of fused-ring (bicyclic) bond motifs is 3. The number of aromatic nitrogens is 2. The summed E-state index contributed by atoms with van der Waals surface area (Å²) in [5.41, 5.74) is 8.78. The summed E-state index contributed by atoms with van der Waals surface area (Å²) >= 11 is 0. The van der Waals surface area contributed by atoms with Gasteiger partial charge in [0.25, 0.3) is 0 Å². The van der Waals surface area contributed by atoms with Crippen LogP contribution in [0.25, 0.3) is 67.0 Å². The Morgan fingerprint density at radius 1 is 0.432 bits per heavy atom. The molecular formula is C34H22N2O. The van der Waals surface area contributed by atoms with Crippen molar-refractivity contribution < 1.29 is 4.42 Å². The van der Waals surface area contributed by atoms with Crippen LogP contribution in [0.3, 0.4) is 0 Å². The Hall–Kier alpha value is -5.02. The van der Waals surface area contributed by atoms with Crippen LogP contribution in [-0.4, -0.2) is 9.97 Å². The third kappa shape index (κ3) is 3.87. The zero-order valence-corrected chi connectivity index (χ0v) is 20.0. The van der Waals surface area contributed by atoms with Crippen LogP contribution in [-0.2, 0) is 0 Å². The van der Waals surface area contributed by atoms with Crippen molar-refractivity contribution in [1.29, 1.82) is 0 Å². The molecule has 0 aliphatic heterocycles. The van der Waals surface area contributed by atoms with Gasteiger partial charge >= 0.3 is 0 Å². The van der Waals surface area contributed by atoms with Crippen LogP contribution in [0.4, 0.5) is 0 Å². The summed E-state index contributed by atoms with van der Waals surface area (Å²) in [5.74, 6) is 0.639. The molecule has 37 heavy (non-hydrogen) atoms. The van der Waals surface area contributed by atoms with Gasteiger partial charge in [-0.05, 0) is 46.5 Å². The van der Waals surface area contributed by atoms with Crippen LogP contribution < -0.4 is 0 Å². The lowest BCUT2D eigenvalue weighted by atomic mass is 9.95. The van der Waals surface area contributed by atoms with E-state index in [1.165, 1.54) is 0 Å². The lowest BCUT2D eigenvalue weighted by Gasteiger charge is -2.12. The quantitative estimate of drug-likeness (QED) is 0.255. The molecule has 2 aromatic heterocycles. The second-order valence-electron chi connectivity index (χ2n) is 9.07. The third-order valence-corrected chi connectivity index (χ3v) is 6.69. The summed E-state index contributed by atoms with van der Waals surface area (Å²) in [7, 11) is 0. The van der Waals surface area contributed by atoms with E-state index in [1.54, 1.807) is 0 Å². The highest BCUT2D eigenvalue weighted by Crippen LogP contribution is 2.38. The molecule has 0 bridgehead atoms. The summed E-state index contributed by atoms with van der Waals surface area (Å²) in [6, 6.07) is 45.7. The Balaban J connectivity index is 1.51. The smallest absolute Gasteiger partial charge is 0.231 e. The molecule has 0 saturated heterocycles. The first-order valence-corrected chi connectivity index (χ1v) is 12.3. The van der Waals surface area contributed by atoms with Gasteiger partial charge in [0.2, 0.25) is 5.71 Å². The van der Waals surface area contributed by atoms with Crippen molar-refractivity contribution in [2.45, 2.75) is 0 Å². The molecule has 0 aliphatic rings. The van der Waals surface area contributed by atoms with Gasteiger partial charge in [0.1, 0.15) is 5.58 Å². The number of nitrogens with zero attached hydrogens (tertiary/aromatic N) is 2. The predicted octanol–water partition coefficient (Wildman–Crippen LogP) is 9.04. The van der Waals surface area contributed by atoms with Crippen LogP contribution in [0.15, 0.2) is 138 Å². The number of hydrogen-bond donors (Lipinski definition) is 0. The molecule has 0 fully saturated rings. The van der Waals surface area contributed by atoms with E-state index in [1.807, 2.05) is 48.5 Å². The topological polar surface area (TPSA) is 38.9 Å². The normalized spacial score (nSPS) is 11.2. The van der Waals surface area contributed by atoms with E-state index in [0.717, 1.165) is 55.4 Å². The average molecular weight is 475 g/mol. The van der Waals surface area contributed by atoms with E-state index in [4.69, 9.17) is 14.4 Å². The van der Waals surface area contributed by atoms with Crippen molar-refractivity contribution in [3.63, 3.8) is 0 Å². The van der Waals surface area contributed by atoms with Gasteiger partial charge in [-0.25, -0.2) is 4.98 Å². The van der Waals surface area contributed by atoms with Crippen molar-refractivity contribution in [2.75, 3.05) is 0 Å². The van der Waals surface area contributed by atoms with Crippen molar-refractivity contribution >= 4 is 22.1 Å². The monoisotopic (exact) mass is 474 g/mol. The van der Waals surface area contributed by atoms with Gasteiger partial charge in [-0.15, -0.1) is 0 Å². The van der Waals surface area contributed by atoms with E-state index in [0.29, 0.717) is 11.5 Å². The van der Waals surface area contributed by atoms with Crippen LogP contribution in [0, 0.1) is 0 Å². The van der Waals surface area contributed by atoms with Gasteiger partial charge < -0.3 is 4.42 Å². The fraction of sp³-hybridized carbons (Fsp3) is 0. The minimum absolute atomic E-state index is 0.594. The molecule has 0 amide bonds. The van der Waals surface area contributed by atoms with Crippen LogP contribution in [0.5, 0.6) is 0 Å². The largest absolute Gasteiger partial charge is 0.438 e. The standard InChI is InChI=1S/C34H22N2O/c1-4-12-23(13-5-1)26-20-27(24-14-6-2-7-15-24)22-28(21-26)33-35-32(25-16-8-3-9-17-25)31-29-18-10-11-19-30(29)37-34(31)36-33/h1-22H. The van der Waals surface area contributed by atoms with Gasteiger partial charge in [-0.3, -0.25) is 0 Å². The maximum atomic E-state index is 6.26. The SMILES string of the molecule is c1ccc(-c2cc(-c3ccccc3)cc(-c3nc(-c4ccccc4)c4c(n3)oc3ccccc34)c2)cc1. The number of para-hydroxylation sites is 1. The summed E-state index contributed by atoms with van der Waals surface area (Å²) in [4.78, 5) is 10.1. The van der Waals surface area contributed by atoms with Gasteiger partial charge in [0.15, 0.2) is 5.82 Å². The molecule has 174 valence electrons. The highest BCUT2D eigenvalue weighted by atomic mass is 16.3. The zero-order chi connectivity index (χ0) is 24.6. The predicted molar refractivity (Wildman–Crippen MR) is 151 cm³/mol. The minimum atomic E-state index is 0.594. The molecule has 7 rings (SSSR count). The van der Waals surface area contributed by atoms with E-state index in [-0.39, 0.29) is 0 Å². The van der Waals surface area contributed by atoms with E-state index in [9.17, 15) is 0 Å². The highest BCUT2D eigenvalue weighted by Gasteiger charge is 2.18. The Bertz CT molecular complexity index is 1800. The number of hydrogen-bond acceptors (Lipinski definition) is 3. The molecule has 5 aromatic carbocycles. The molecule has 3 nitrogen and oxygen atoms in total. The van der Waals surface area contributed by atoms with Gasteiger partial charge in [0, 0.05) is 16.5 Å². The fourth-order valence-electron chi connectivity index (χ4n) is 4.91. The van der Waals surface area contributed by atoms with Crippen molar-refractivity contribution in [2.24, 2.45) is 0 Å². The Kier molecular flexibility index (Phi) is 5.11. The Labute approximate surface area is 214 Å². The molecule has 2 heterocycles. The molecule has 0 radical (unpaired) electrons. The Morgan fingerprint density at radius 3 is 1.57 bits per heavy atom. The highest BCUT2D eigenvalue weighted by molar-refractivity contribution is 6.10. The average Bonchev–Trinajstić information content (AvgIpc) is 3.36. The molecule has 0 aliphatic carbocycles. The zero-order valence-electron chi connectivity index (χ0n) is 20.0. The second-order valence-corrected chi connectivity index (χ2v) is 9.07. The first-order chi connectivity index (χ1) is 18.3. The number of rotatable bonds is 4. The van der Waals surface area contributed by atoms with Crippen LogP contribution in [0.1, 0.15) is 0 Å². The molecule has 3 heteroatoms. The second kappa shape index (κ2) is 8.89. The summed E-state index contributed by atoms with van der Waals surface area (Å²) in [6.45, 7) is 0. The molecule has 0 unspecified atom stereocenters. The number of furan rings is 1. The fourth-order valence-corrected chi connectivity index (χ4v) is 4.91. The summed E-state index contributed by atoms with van der Waals surface area (Å²) in [6.07, 6.45) is 0. The van der Waals surface area contributed by atoms with Crippen LogP contribution >= 0.6 is 0 Å². The van der Waals surface area contributed by atoms with Crippen molar-refractivity contribution in [3.05, 3.63) is 133 Å². The van der Waals surface area contributed by atoms with E-state index >= 15 is 0 Å². The third-order valence-electron chi connectivity index (χ3n) is 6.69. The van der Waals surface area contributed by atoms with Crippen molar-refractivity contribution in [3.8, 4) is 44.9 Å². The van der Waals surface area contributed by atoms with Crippen molar-refractivity contribution in [1.82, 2.24) is 9.97 Å². The van der Waals surface area contributed by atoms with Gasteiger partial charge in [-0.1, -0.05) is 109 Å². The first-order valence-electron chi connectivity index (χ1n) is 12.3. The number of benzene rings is 5. The summed E-state index contributed by atoms with van der Waals surface area (Å²) in [5, 5.41) is 1.96. The minimum Gasteiger partial charge on any atom is -0.438 e. The Morgan fingerprint density at radius 2 is 0.946 bits per heavy atom. The lowest BCUT2D eigenvalue weighted by molar-refractivity contribution is 0.653. The maximum Gasteiger partial charge on any atom is 0.231 e. The molecule has 7 aromatic rings.